The van der Waals surface area contributed by atoms with Crippen LogP contribution >= 0.6 is 11.8 Å². The number of hydrogen-bond acceptors (Lipinski definition) is 3. The molecule has 0 bridgehead atoms. The topological polar surface area (TPSA) is 55.1 Å². The number of thioether (sulfide) groups is 1. The molecule has 17 heavy (non-hydrogen) atoms. The van der Waals surface area contributed by atoms with E-state index in [9.17, 15) is 9.18 Å². The van der Waals surface area contributed by atoms with Crippen LogP contribution in [-0.4, -0.2) is 18.2 Å². The van der Waals surface area contributed by atoms with Crippen LogP contribution in [-0.2, 0) is 11.3 Å². The van der Waals surface area contributed by atoms with Gasteiger partial charge < -0.3 is 11.1 Å². The Morgan fingerprint density at radius 1 is 1.47 bits per heavy atom. The normalized spacial score (nSPS) is 10.3. The molecule has 0 aliphatic heterocycles. The predicted octanol–water partition coefficient (Wildman–Crippen LogP) is 1.90. The average Bonchev–Trinajstić information content (AvgIpc) is 2.33. The lowest BCUT2D eigenvalue weighted by Gasteiger charge is -2.05. The quantitative estimate of drug-likeness (QED) is 0.764. The van der Waals surface area contributed by atoms with Crippen molar-refractivity contribution in [2.24, 2.45) is 5.73 Å². The van der Waals surface area contributed by atoms with Crippen LogP contribution < -0.4 is 11.1 Å². The third kappa shape index (κ3) is 5.19. The van der Waals surface area contributed by atoms with Crippen LogP contribution in [0.1, 0.15) is 18.9 Å². The van der Waals surface area contributed by atoms with Gasteiger partial charge in [-0.3, -0.25) is 4.79 Å². The van der Waals surface area contributed by atoms with Crippen molar-refractivity contribution in [3.05, 3.63) is 29.6 Å². The van der Waals surface area contributed by atoms with Gasteiger partial charge in [0.25, 0.3) is 0 Å². The van der Waals surface area contributed by atoms with Gasteiger partial charge in [0.05, 0.1) is 5.75 Å². The molecule has 5 heteroatoms. The van der Waals surface area contributed by atoms with Crippen LogP contribution in [0.2, 0.25) is 0 Å². The number of carbonyl (C=O) groups is 1. The highest BCUT2D eigenvalue weighted by Crippen LogP contribution is 2.20. The number of hydrogen-bond donors (Lipinski definition) is 2. The Morgan fingerprint density at radius 3 is 2.88 bits per heavy atom. The molecule has 0 heterocycles. The maximum atomic E-state index is 13.2. The first kappa shape index (κ1) is 14.0. The van der Waals surface area contributed by atoms with Crippen molar-refractivity contribution in [1.29, 1.82) is 0 Å². The second-order valence-electron chi connectivity index (χ2n) is 3.64. The lowest BCUT2D eigenvalue weighted by Crippen LogP contribution is -2.25. The average molecular weight is 256 g/mol. The molecule has 0 aromatic heterocycles. The number of nitrogens with one attached hydrogen (secondary N) is 1. The van der Waals surface area contributed by atoms with E-state index >= 15 is 0 Å². The second kappa shape index (κ2) is 7.29. The molecule has 0 saturated heterocycles. The number of nitrogens with two attached hydrogens (primary N) is 1. The van der Waals surface area contributed by atoms with Crippen molar-refractivity contribution < 1.29 is 9.18 Å². The number of halogens is 1. The minimum absolute atomic E-state index is 0.0320. The summed E-state index contributed by atoms with van der Waals surface area (Å²) in [6.45, 7) is 2.97. The summed E-state index contributed by atoms with van der Waals surface area (Å²) < 4.78 is 13.2. The van der Waals surface area contributed by atoms with E-state index in [0.29, 0.717) is 18.8 Å². The molecule has 3 N–H and O–H groups in total. The first-order valence-electron chi connectivity index (χ1n) is 5.54. The Balaban J connectivity index is 2.51. The standard InChI is InChI=1S/C12H17FN2OS/c1-2-3-15-12(16)8-17-11-5-9(7-14)4-10(13)6-11/h4-6H,2-3,7-8,14H2,1H3,(H,15,16). The number of benzene rings is 1. The third-order valence-corrected chi connectivity index (χ3v) is 3.08. The zero-order chi connectivity index (χ0) is 12.7. The van der Waals surface area contributed by atoms with Gasteiger partial charge in [0.15, 0.2) is 0 Å². The zero-order valence-electron chi connectivity index (χ0n) is 9.83. The molecule has 0 spiro atoms. The fourth-order valence-corrected chi connectivity index (χ4v) is 2.12. The molecule has 0 unspecified atom stereocenters. The van der Waals surface area contributed by atoms with E-state index in [0.717, 1.165) is 16.9 Å². The van der Waals surface area contributed by atoms with Gasteiger partial charge in [0.2, 0.25) is 5.91 Å². The van der Waals surface area contributed by atoms with Crippen molar-refractivity contribution in [3.63, 3.8) is 0 Å². The van der Waals surface area contributed by atoms with Gasteiger partial charge in [-0.2, -0.15) is 0 Å². The largest absolute Gasteiger partial charge is 0.355 e. The first-order chi connectivity index (χ1) is 8.15. The number of carbonyl (C=O) groups excluding carboxylic acids is 1. The molecule has 0 fully saturated rings. The Kier molecular flexibility index (Phi) is 6.00. The summed E-state index contributed by atoms with van der Waals surface area (Å²) in [6.07, 6.45) is 0.910. The Bertz CT molecular complexity index is 385. The molecule has 0 radical (unpaired) electrons. The molecule has 1 aromatic carbocycles. The van der Waals surface area contributed by atoms with Crippen LogP contribution in [0.15, 0.2) is 23.1 Å². The van der Waals surface area contributed by atoms with E-state index in [1.165, 1.54) is 23.9 Å². The van der Waals surface area contributed by atoms with E-state index in [4.69, 9.17) is 5.73 Å². The van der Waals surface area contributed by atoms with Crippen LogP contribution in [0.25, 0.3) is 0 Å². The Labute approximate surface area is 105 Å². The summed E-state index contributed by atoms with van der Waals surface area (Å²) in [7, 11) is 0. The molecule has 1 amide bonds. The Morgan fingerprint density at radius 2 is 2.24 bits per heavy atom. The smallest absolute Gasteiger partial charge is 0.230 e. The van der Waals surface area contributed by atoms with E-state index in [2.05, 4.69) is 5.32 Å². The van der Waals surface area contributed by atoms with Crippen LogP contribution in [0.5, 0.6) is 0 Å². The van der Waals surface area contributed by atoms with E-state index in [-0.39, 0.29) is 11.7 Å². The number of rotatable bonds is 6. The van der Waals surface area contributed by atoms with Crippen molar-refractivity contribution in [1.82, 2.24) is 5.32 Å². The molecule has 0 aliphatic rings. The molecule has 1 rings (SSSR count). The van der Waals surface area contributed by atoms with Crippen LogP contribution in [0.4, 0.5) is 4.39 Å². The second-order valence-corrected chi connectivity index (χ2v) is 4.69. The van der Waals surface area contributed by atoms with Gasteiger partial charge >= 0.3 is 0 Å². The SMILES string of the molecule is CCCNC(=O)CSc1cc(F)cc(CN)c1. The molecule has 1 aromatic rings. The van der Waals surface area contributed by atoms with E-state index in [1.54, 1.807) is 6.07 Å². The molecule has 3 nitrogen and oxygen atoms in total. The maximum Gasteiger partial charge on any atom is 0.230 e. The fourth-order valence-electron chi connectivity index (χ4n) is 1.29. The predicted molar refractivity (Wildman–Crippen MR) is 68.3 cm³/mol. The lowest BCUT2D eigenvalue weighted by molar-refractivity contribution is -0.118. The van der Waals surface area contributed by atoms with Gasteiger partial charge in [0.1, 0.15) is 5.82 Å². The van der Waals surface area contributed by atoms with E-state index in [1.807, 2.05) is 6.92 Å². The fraction of sp³-hybridized carbons (Fsp3) is 0.417. The van der Waals surface area contributed by atoms with Crippen molar-refractivity contribution in [2.45, 2.75) is 24.8 Å². The third-order valence-electron chi connectivity index (χ3n) is 2.11. The van der Waals surface area contributed by atoms with Gasteiger partial charge in [0, 0.05) is 18.0 Å². The highest BCUT2D eigenvalue weighted by molar-refractivity contribution is 8.00. The summed E-state index contributed by atoms with van der Waals surface area (Å²) in [6, 6.07) is 4.62. The first-order valence-corrected chi connectivity index (χ1v) is 6.53. The van der Waals surface area contributed by atoms with Crippen molar-refractivity contribution in [3.8, 4) is 0 Å². The molecule has 0 saturated carbocycles. The van der Waals surface area contributed by atoms with Crippen LogP contribution in [0, 0.1) is 5.82 Å². The van der Waals surface area contributed by atoms with Gasteiger partial charge in [-0.25, -0.2) is 4.39 Å². The molecule has 0 aliphatic carbocycles. The summed E-state index contributed by atoms with van der Waals surface area (Å²) in [5.41, 5.74) is 6.19. The minimum Gasteiger partial charge on any atom is -0.355 e. The maximum absolute atomic E-state index is 13.2. The summed E-state index contributed by atoms with van der Waals surface area (Å²) in [4.78, 5) is 12.1. The van der Waals surface area contributed by atoms with Gasteiger partial charge in [-0.15, -0.1) is 11.8 Å². The van der Waals surface area contributed by atoms with Crippen molar-refractivity contribution >= 4 is 17.7 Å². The molecule has 94 valence electrons. The number of amides is 1. The minimum atomic E-state index is -0.315. The zero-order valence-corrected chi connectivity index (χ0v) is 10.6. The summed E-state index contributed by atoms with van der Waals surface area (Å²) in [5, 5.41) is 2.77. The highest BCUT2D eigenvalue weighted by atomic mass is 32.2. The lowest BCUT2D eigenvalue weighted by atomic mass is 10.2. The molecular weight excluding hydrogens is 239 g/mol. The highest BCUT2D eigenvalue weighted by Gasteiger charge is 2.04. The van der Waals surface area contributed by atoms with Gasteiger partial charge in [-0.05, 0) is 30.2 Å². The van der Waals surface area contributed by atoms with Crippen molar-refractivity contribution in [2.75, 3.05) is 12.3 Å². The monoisotopic (exact) mass is 256 g/mol. The summed E-state index contributed by atoms with van der Waals surface area (Å²) >= 11 is 1.32. The molecule has 0 atom stereocenters. The summed E-state index contributed by atoms with van der Waals surface area (Å²) in [5.74, 6) is -0.0483. The van der Waals surface area contributed by atoms with E-state index < -0.39 is 0 Å². The van der Waals surface area contributed by atoms with Gasteiger partial charge in [-0.1, -0.05) is 6.92 Å². The van der Waals surface area contributed by atoms with Crippen LogP contribution in [0.3, 0.4) is 0 Å². The Hall–Kier alpha value is -1.07. The molecular formula is C12H17FN2OS.